The first-order valence-electron chi connectivity index (χ1n) is 8.99. The molecule has 0 saturated carbocycles. The standard InChI is InChI=1S/C20H22F3N3O2/c1-14-9-15(2)11-17(10-14)28-13-19(27)26-7-5-25(6-8-26)18-4-3-16(12-24-18)20(21,22)23/h3-4,9-12H,5-8,13H2,1-2H3. The van der Waals surface area contributed by atoms with Crippen LogP contribution in [0.25, 0.3) is 0 Å². The van der Waals surface area contributed by atoms with Gasteiger partial charge in [0.1, 0.15) is 11.6 Å². The van der Waals surface area contributed by atoms with E-state index in [-0.39, 0.29) is 12.5 Å². The molecule has 0 aliphatic carbocycles. The summed E-state index contributed by atoms with van der Waals surface area (Å²) in [6, 6.07) is 8.19. The summed E-state index contributed by atoms with van der Waals surface area (Å²) in [5.41, 5.74) is 1.37. The van der Waals surface area contributed by atoms with Crippen molar-refractivity contribution in [3.8, 4) is 5.75 Å². The van der Waals surface area contributed by atoms with Crippen molar-refractivity contribution in [1.82, 2.24) is 9.88 Å². The molecule has 1 aromatic heterocycles. The number of amides is 1. The van der Waals surface area contributed by atoms with Gasteiger partial charge in [0.15, 0.2) is 6.61 Å². The number of piperazine rings is 1. The van der Waals surface area contributed by atoms with Gasteiger partial charge in [-0.25, -0.2) is 4.98 Å². The highest BCUT2D eigenvalue weighted by atomic mass is 19.4. The van der Waals surface area contributed by atoms with Gasteiger partial charge in [-0.05, 0) is 49.2 Å². The van der Waals surface area contributed by atoms with Crippen molar-refractivity contribution in [2.24, 2.45) is 0 Å². The molecule has 1 amide bonds. The molecule has 1 saturated heterocycles. The van der Waals surface area contributed by atoms with Crippen LogP contribution in [0.2, 0.25) is 0 Å². The van der Waals surface area contributed by atoms with Crippen LogP contribution in [-0.4, -0.2) is 48.6 Å². The Kier molecular flexibility index (Phi) is 5.76. The summed E-state index contributed by atoms with van der Waals surface area (Å²) in [5.74, 6) is 1.03. The Bertz CT molecular complexity index is 809. The minimum absolute atomic E-state index is 0.0403. The Hall–Kier alpha value is -2.77. The average Bonchev–Trinajstić information content (AvgIpc) is 2.65. The number of carbonyl (C=O) groups is 1. The highest BCUT2D eigenvalue weighted by Crippen LogP contribution is 2.29. The van der Waals surface area contributed by atoms with Crippen LogP contribution >= 0.6 is 0 Å². The van der Waals surface area contributed by atoms with E-state index >= 15 is 0 Å². The van der Waals surface area contributed by atoms with Gasteiger partial charge in [0.25, 0.3) is 5.91 Å². The zero-order valence-corrected chi connectivity index (χ0v) is 15.8. The van der Waals surface area contributed by atoms with Gasteiger partial charge < -0.3 is 14.5 Å². The third kappa shape index (κ3) is 4.94. The fourth-order valence-corrected chi connectivity index (χ4v) is 3.18. The van der Waals surface area contributed by atoms with Crippen molar-refractivity contribution >= 4 is 11.7 Å². The number of alkyl halides is 3. The fraction of sp³-hybridized carbons (Fsp3) is 0.400. The van der Waals surface area contributed by atoms with Crippen LogP contribution in [-0.2, 0) is 11.0 Å². The number of pyridine rings is 1. The second-order valence-electron chi connectivity index (χ2n) is 6.88. The third-order valence-electron chi connectivity index (χ3n) is 4.59. The van der Waals surface area contributed by atoms with Gasteiger partial charge in [-0.3, -0.25) is 4.79 Å². The van der Waals surface area contributed by atoms with E-state index < -0.39 is 11.7 Å². The summed E-state index contributed by atoms with van der Waals surface area (Å²) in [6.07, 6.45) is -3.56. The Morgan fingerprint density at radius 2 is 1.71 bits per heavy atom. The number of aryl methyl sites for hydroxylation is 2. The Morgan fingerprint density at radius 3 is 2.25 bits per heavy atom. The van der Waals surface area contributed by atoms with E-state index in [0.29, 0.717) is 37.7 Å². The summed E-state index contributed by atoms with van der Waals surface area (Å²) < 4.78 is 43.5. The Balaban J connectivity index is 1.51. The molecule has 5 nitrogen and oxygen atoms in total. The van der Waals surface area contributed by atoms with Gasteiger partial charge in [0, 0.05) is 32.4 Å². The first-order valence-corrected chi connectivity index (χ1v) is 8.99. The van der Waals surface area contributed by atoms with Crippen LogP contribution in [0.15, 0.2) is 36.5 Å². The largest absolute Gasteiger partial charge is 0.484 e. The van der Waals surface area contributed by atoms with E-state index in [0.717, 1.165) is 23.4 Å². The first-order chi connectivity index (χ1) is 13.2. The quantitative estimate of drug-likeness (QED) is 0.798. The number of hydrogen-bond donors (Lipinski definition) is 0. The van der Waals surface area contributed by atoms with E-state index in [1.807, 2.05) is 36.9 Å². The maximum atomic E-state index is 12.6. The second kappa shape index (κ2) is 8.08. The molecular formula is C20H22F3N3O2. The number of rotatable bonds is 4. The van der Waals surface area contributed by atoms with Crippen LogP contribution in [0.3, 0.4) is 0 Å². The van der Waals surface area contributed by atoms with Gasteiger partial charge >= 0.3 is 6.18 Å². The molecule has 3 rings (SSSR count). The van der Waals surface area contributed by atoms with E-state index in [4.69, 9.17) is 4.74 Å². The highest BCUT2D eigenvalue weighted by molar-refractivity contribution is 5.78. The normalized spacial score (nSPS) is 14.9. The number of hydrogen-bond acceptors (Lipinski definition) is 4. The molecular weight excluding hydrogens is 371 g/mol. The lowest BCUT2D eigenvalue weighted by atomic mass is 10.1. The molecule has 1 fully saturated rings. The van der Waals surface area contributed by atoms with Crippen molar-refractivity contribution < 1.29 is 22.7 Å². The van der Waals surface area contributed by atoms with Crippen LogP contribution in [0.1, 0.15) is 16.7 Å². The summed E-state index contributed by atoms with van der Waals surface area (Å²) >= 11 is 0. The van der Waals surface area contributed by atoms with Crippen LogP contribution in [0, 0.1) is 13.8 Å². The zero-order chi connectivity index (χ0) is 20.3. The van der Waals surface area contributed by atoms with Crippen molar-refractivity contribution in [2.75, 3.05) is 37.7 Å². The first kappa shape index (κ1) is 20.0. The maximum absolute atomic E-state index is 12.6. The number of nitrogens with zero attached hydrogens (tertiary/aromatic N) is 3. The minimum Gasteiger partial charge on any atom is -0.484 e. The number of halogens is 3. The molecule has 2 heterocycles. The van der Waals surface area contributed by atoms with Gasteiger partial charge in [-0.2, -0.15) is 13.2 Å². The number of ether oxygens (including phenoxy) is 1. The number of anilines is 1. The summed E-state index contributed by atoms with van der Waals surface area (Å²) in [7, 11) is 0. The Morgan fingerprint density at radius 1 is 1.07 bits per heavy atom. The van der Waals surface area contributed by atoms with Crippen molar-refractivity contribution in [1.29, 1.82) is 0 Å². The third-order valence-corrected chi connectivity index (χ3v) is 4.59. The lowest BCUT2D eigenvalue weighted by Crippen LogP contribution is -2.50. The number of benzene rings is 1. The molecule has 1 aliphatic heterocycles. The SMILES string of the molecule is Cc1cc(C)cc(OCC(=O)N2CCN(c3ccc(C(F)(F)F)cn3)CC2)c1. The lowest BCUT2D eigenvalue weighted by molar-refractivity contribution is -0.138. The molecule has 0 bridgehead atoms. The monoisotopic (exact) mass is 393 g/mol. The predicted molar refractivity (Wildman–Crippen MR) is 99.4 cm³/mol. The topological polar surface area (TPSA) is 45.7 Å². The summed E-state index contributed by atoms with van der Waals surface area (Å²) in [6.45, 7) is 5.85. The smallest absolute Gasteiger partial charge is 0.417 e. The molecule has 0 radical (unpaired) electrons. The highest BCUT2D eigenvalue weighted by Gasteiger charge is 2.31. The lowest BCUT2D eigenvalue weighted by Gasteiger charge is -2.35. The van der Waals surface area contributed by atoms with E-state index in [9.17, 15) is 18.0 Å². The zero-order valence-electron chi connectivity index (χ0n) is 15.8. The second-order valence-corrected chi connectivity index (χ2v) is 6.88. The van der Waals surface area contributed by atoms with E-state index in [1.54, 1.807) is 4.90 Å². The van der Waals surface area contributed by atoms with Gasteiger partial charge in [-0.15, -0.1) is 0 Å². The maximum Gasteiger partial charge on any atom is 0.417 e. The van der Waals surface area contributed by atoms with Crippen LogP contribution in [0.4, 0.5) is 19.0 Å². The summed E-state index contributed by atoms with van der Waals surface area (Å²) in [4.78, 5) is 19.9. The molecule has 150 valence electrons. The Labute approximate surface area is 161 Å². The molecule has 0 atom stereocenters. The molecule has 0 N–H and O–H groups in total. The molecule has 0 spiro atoms. The van der Waals surface area contributed by atoms with Crippen molar-refractivity contribution in [3.63, 3.8) is 0 Å². The van der Waals surface area contributed by atoms with Crippen molar-refractivity contribution in [3.05, 3.63) is 53.2 Å². The molecule has 0 unspecified atom stereocenters. The van der Waals surface area contributed by atoms with E-state index in [2.05, 4.69) is 4.98 Å². The van der Waals surface area contributed by atoms with Crippen LogP contribution in [0.5, 0.6) is 5.75 Å². The van der Waals surface area contributed by atoms with Gasteiger partial charge in [0.2, 0.25) is 0 Å². The molecule has 1 aromatic carbocycles. The average molecular weight is 393 g/mol. The number of carbonyl (C=O) groups excluding carboxylic acids is 1. The number of aromatic nitrogens is 1. The van der Waals surface area contributed by atoms with Gasteiger partial charge in [0.05, 0.1) is 5.56 Å². The molecule has 8 heteroatoms. The summed E-state index contributed by atoms with van der Waals surface area (Å²) in [5, 5.41) is 0. The molecule has 1 aliphatic rings. The molecule has 28 heavy (non-hydrogen) atoms. The predicted octanol–water partition coefficient (Wildman–Crippen LogP) is 3.44. The fourth-order valence-electron chi connectivity index (χ4n) is 3.18. The van der Waals surface area contributed by atoms with Crippen LogP contribution < -0.4 is 9.64 Å². The minimum atomic E-state index is -4.40. The molecule has 2 aromatic rings. The van der Waals surface area contributed by atoms with Gasteiger partial charge in [-0.1, -0.05) is 6.07 Å². The van der Waals surface area contributed by atoms with E-state index in [1.165, 1.54) is 6.07 Å². The van der Waals surface area contributed by atoms with Crippen molar-refractivity contribution in [2.45, 2.75) is 20.0 Å².